The van der Waals surface area contributed by atoms with E-state index in [2.05, 4.69) is 71.2 Å². The van der Waals surface area contributed by atoms with Crippen LogP contribution in [0.3, 0.4) is 0 Å². The van der Waals surface area contributed by atoms with Crippen LogP contribution < -0.4 is 5.32 Å². The van der Waals surface area contributed by atoms with Gasteiger partial charge < -0.3 is 10.2 Å². The Labute approximate surface area is 132 Å². The first kappa shape index (κ1) is 16.0. The highest BCUT2D eigenvalue weighted by molar-refractivity contribution is 9.10. The van der Waals surface area contributed by atoms with Crippen LogP contribution in [0.5, 0.6) is 0 Å². The molecule has 1 unspecified atom stereocenters. The molecule has 1 N–H and O–H groups in total. The first-order valence-electron chi connectivity index (χ1n) is 7.85. The zero-order valence-electron chi connectivity index (χ0n) is 12.9. The molecule has 1 saturated heterocycles. The molecular weight excluding hydrogens is 312 g/mol. The Morgan fingerprint density at radius 3 is 2.30 bits per heavy atom. The van der Waals surface area contributed by atoms with Crippen LogP contribution in [0, 0.1) is 0 Å². The minimum absolute atomic E-state index is 0.485. The van der Waals surface area contributed by atoms with Crippen molar-refractivity contribution in [1.29, 1.82) is 0 Å². The number of halogens is 1. The van der Waals surface area contributed by atoms with Crippen LogP contribution in [-0.2, 0) is 0 Å². The van der Waals surface area contributed by atoms with Gasteiger partial charge in [-0.3, -0.25) is 0 Å². The fourth-order valence-corrected chi connectivity index (χ4v) is 3.28. The maximum absolute atomic E-state index is 3.86. The van der Waals surface area contributed by atoms with E-state index in [9.17, 15) is 0 Å². The average Bonchev–Trinajstić information content (AvgIpc) is 2.46. The monoisotopic (exact) mass is 338 g/mol. The van der Waals surface area contributed by atoms with Crippen LogP contribution in [-0.4, -0.2) is 30.1 Å². The van der Waals surface area contributed by atoms with E-state index in [-0.39, 0.29) is 0 Å². The third kappa shape index (κ3) is 4.31. The molecule has 0 saturated carbocycles. The summed E-state index contributed by atoms with van der Waals surface area (Å²) in [6.45, 7) is 9.32. The smallest absolute Gasteiger partial charge is 0.0320 e. The molecule has 0 bridgehead atoms. The Morgan fingerprint density at radius 2 is 1.80 bits per heavy atom. The molecule has 3 heteroatoms. The van der Waals surface area contributed by atoms with E-state index in [0.717, 1.165) is 10.9 Å². The molecule has 20 heavy (non-hydrogen) atoms. The van der Waals surface area contributed by atoms with Gasteiger partial charge in [-0.05, 0) is 63.9 Å². The zero-order valence-corrected chi connectivity index (χ0v) is 14.5. The quantitative estimate of drug-likeness (QED) is 0.857. The van der Waals surface area contributed by atoms with Gasteiger partial charge in [-0.25, -0.2) is 0 Å². The summed E-state index contributed by atoms with van der Waals surface area (Å²) in [4.78, 5) is 2.58. The van der Waals surface area contributed by atoms with Crippen molar-refractivity contribution in [2.45, 2.75) is 58.2 Å². The fourth-order valence-electron chi connectivity index (χ4n) is 3.01. The fraction of sp³-hybridized carbons (Fsp3) is 0.647. The zero-order chi connectivity index (χ0) is 14.5. The Kier molecular flexibility index (Phi) is 6.06. The molecule has 0 amide bonds. The number of nitrogens with one attached hydrogen (secondary N) is 1. The second-order valence-electron chi connectivity index (χ2n) is 6.08. The van der Waals surface area contributed by atoms with Crippen molar-refractivity contribution >= 4 is 15.9 Å². The number of hydrogen-bond acceptors (Lipinski definition) is 2. The molecular formula is C17H27BrN2. The molecule has 2 nitrogen and oxygen atoms in total. The Morgan fingerprint density at radius 1 is 1.20 bits per heavy atom. The summed E-state index contributed by atoms with van der Waals surface area (Å²) in [6.07, 6.45) is 3.68. The summed E-state index contributed by atoms with van der Waals surface area (Å²) in [6, 6.07) is 10.6. The molecule has 1 fully saturated rings. The van der Waals surface area contributed by atoms with Gasteiger partial charge >= 0.3 is 0 Å². The van der Waals surface area contributed by atoms with Gasteiger partial charge in [0, 0.05) is 22.6 Å². The molecule has 1 heterocycles. The molecule has 0 spiro atoms. The van der Waals surface area contributed by atoms with E-state index in [1.54, 1.807) is 0 Å². The van der Waals surface area contributed by atoms with Gasteiger partial charge in [-0.15, -0.1) is 0 Å². The first-order valence-corrected chi connectivity index (χ1v) is 8.65. The number of likely N-dealkylation sites (tertiary alicyclic amines) is 1. The van der Waals surface area contributed by atoms with E-state index in [4.69, 9.17) is 0 Å². The highest BCUT2D eigenvalue weighted by Gasteiger charge is 2.22. The summed E-state index contributed by atoms with van der Waals surface area (Å²) in [5.74, 6) is 0. The third-order valence-electron chi connectivity index (χ3n) is 4.38. The Balaban J connectivity index is 1.89. The predicted molar refractivity (Wildman–Crippen MR) is 90.0 cm³/mol. The molecule has 1 aliphatic rings. The van der Waals surface area contributed by atoms with Crippen molar-refractivity contribution in [2.24, 2.45) is 0 Å². The summed E-state index contributed by atoms with van der Waals surface area (Å²) in [5.41, 5.74) is 1.40. The largest absolute Gasteiger partial charge is 0.307 e. The van der Waals surface area contributed by atoms with Gasteiger partial charge in [-0.1, -0.05) is 35.0 Å². The number of piperidine rings is 1. The van der Waals surface area contributed by atoms with Gasteiger partial charge in [0.15, 0.2) is 0 Å². The molecule has 1 aromatic rings. The topological polar surface area (TPSA) is 15.3 Å². The van der Waals surface area contributed by atoms with E-state index in [1.807, 2.05) is 0 Å². The van der Waals surface area contributed by atoms with Crippen LogP contribution in [0.25, 0.3) is 0 Å². The number of benzene rings is 1. The van der Waals surface area contributed by atoms with Crippen molar-refractivity contribution in [1.82, 2.24) is 10.2 Å². The predicted octanol–water partition coefficient (Wildman–Crippen LogP) is 4.36. The van der Waals surface area contributed by atoms with Crippen molar-refractivity contribution in [3.63, 3.8) is 0 Å². The number of hydrogen-bond donors (Lipinski definition) is 1. The van der Waals surface area contributed by atoms with Crippen molar-refractivity contribution in [3.05, 3.63) is 34.3 Å². The maximum atomic E-state index is 3.86. The SMILES string of the molecule is CCC(NC1CCN(C(C)C)CC1)c1ccc(Br)cc1. The Bertz CT molecular complexity index is 394. The van der Waals surface area contributed by atoms with E-state index in [1.165, 1.54) is 31.5 Å². The van der Waals surface area contributed by atoms with Gasteiger partial charge in [0.25, 0.3) is 0 Å². The number of rotatable bonds is 5. The minimum Gasteiger partial charge on any atom is -0.307 e. The highest BCUT2D eigenvalue weighted by Crippen LogP contribution is 2.22. The standard InChI is InChI=1S/C17H27BrN2/c1-4-17(14-5-7-15(18)8-6-14)19-16-9-11-20(12-10-16)13(2)3/h5-8,13,16-17,19H,4,9-12H2,1-3H3. The maximum Gasteiger partial charge on any atom is 0.0320 e. The van der Waals surface area contributed by atoms with Gasteiger partial charge in [0.1, 0.15) is 0 Å². The molecule has 1 aliphatic heterocycles. The minimum atomic E-state index is 0.485. The summed E-state index contributed by atoms with van der Waals surface area (Å²) < 4.78 is 1.15. The lowest BCUT2D eigenvalue weighted by atomic mass is 9.99. The molecule has 0 aliphatic carbocycles. The molecule has 0 radical (unpaired) electrons. The van der Waals surface area contributed by atoms with Crippen molar-refractivity contribution < 1.29 is 0 Å². The molecule has 1 aromatic carbocycles. The highest BCUT2D eigenvalue weighted by atomic mass is 79.9. The molecule has 112 valence electrons. The van der Waals surface area contributed by atoms with E-state index in [0.29, 0.717) is 18.1 Å². The summed E-state index contributed by atoms with van der Waals surface area (Å²) in [7, 11) is 0. The Hall–Kier alpha value is -0.380. The summed E-state index contributed by atoms with van der Waals surface area (Å²) >= 11 is 3.51. The van der Waals surface area contributed by atoms with Gasteiger partial charge in [-0.2, -0.15) is 0 Å². The lowest BCUT2D eigenvalue weighted by Crippen LogP contribution is -2.45. The molecule has 1 atom stereocenters. The van der Waals surface area contributed by atoms with Crippen molar-refractivity contribution in [2.75, 3.05) is 13.1 Å². The van der Waals surface area contributed by atoms with Crippen molar-refractivity contribution in [3.8, 4) is 0 Å². The molecule has 0 aromatic heterocycles. The van der Waals surface area contributed by atoms with Crippen LogP contribution in [0.1, 0.15) is 51.6 Å². The first-order chi connectivity index (χ1) is 9.60. The lowest BCUT2D eigenvalue weighted by Gasteiger charge is -2.36. The van der Waals surface area contributed by atoms with E-state index >= 15 is 0 Å². The number of nitrogens with zero attached hydrogens (tertiary/aromatic N) is 1. The van der Waals surface area contributed by atoms with Crippen LogP contribution in [0.2, 0.25) is 0 Å². The summed E-state index contributed by atoms with van der Waals surface area (Å²) in [5, 5.41) is 3.86. The third-order valence-corrected chi connectivity index (χ3v) is 4.91. The van der Waals surface area contributed by atoms with Gasteiger partial charge in [0.05, 0.1) is 0 Å². The lowest BCUT2D eigenvalue weighted by molar-refractivity contribution is 0.156. The van der Waals surface area contributed by atoms with Crippen LogP contribution in [0.15, 0.2) is 28.7 Å². The van der Waals surface area contributed by atoms with E-state index < -0.39 is 0 Å². The second-order valence-corrected chi connectivity index (χ2v) is 7.00. The molecule has 2 rings (SSSR count). The van der Waals surface area contributed by atoms with Gasteiger partial charge in [0.2, 0.25) is 0 Å². The van der Waals surface area contributed by atoms with Crippen LogP contribution >= 0.6 is 15.9 Å². The normalized spacial score (nSPS) is 19.4. The van der Waals surface area contributed by atoms with Crippen LogP contribution in [0.4, 0.5) is 0 Å². The second kappa shape index (κ2) is 7.58. The average molecular weight is 339 g/mol.